The van der Waals surface area contributed by atoms with Crippen molar-refractivity contribution >= 4 is 37.8 Å². The highest BCUT2D eigenvalue weighted by atomic mass is 79.9. The van der Waals surface area contributed by atoms with Crippen LogP contribution in [0.1, 0.15) is 10.4 Å². The van der Waals surface area contributed by atoms with Gasteiger partial charge in [0.15, 0.2) is 0 Å². The SMILES string of the molecule is C=CCNC(=O)c1cc(Br)cc(Br)c1OC. The topological polar surface area (TPSA) is 38.3 Å². The van der Waals surface area contributed by atoms with E-state index in [0.717, 1.165) is 8.95 Å². The number of hydrogen-bond acceptors (Lipinski definition) is 2. The molecule has 0 atom stereocenters. The average molecular weight is 349 g/mol. The molecule has 1 aromatic carbocycles. The summed E-state index contributed by atoms with van der Waals surface area (Å²) >= 11 is 6.67. The highest BCUT2D eigenvalue weighted by Gasteiger charge is 2.15. The summed E-state index contributed by atoms with van der Waals surface area (Å²) in [5.41, 5.74) is 0.477. The van der Waals surface area contributed by atoms with Crippen LogP contribution in [-0.2, 0) is 0 Å². The van der Waals surface area contributed by atoms with E-state index >= 15 is 0 Å². The quantitative estimate of drug-likeness (QED) is 0.849. The lowest BCUT2D eigenvalue weighted by molar-refractivity contribution is 0.0955. The number of amides is 1. The number of halogens is 2. The van der Waals surface area contributed by atoms with E-state index in [0.29, 0.717) is 17.9 Å². The van der Waals surface area contributed by atoms with E-state index in [2.05, 4.69) is 43.8 Å². The predicted octanol–water partition coefficient (Wildman–Crippen LogP) is 3.14. The fraction of sp³-hybridized carbons (Fsp3) is 0.182. The molecule has 5 heteroatoms. The van der Waals surface area contributed by atoms with Crippen LogP contribution in [0.3, 0.4) is 0 Å². The zero-order valence-corrected chi connectivity index (χ0v) is 11.9. The van der Waals surface area contributed by atoms with Crippen LogP contribution < -0.4 is 10.1 Å². The van der Waals surface area contributed by atoms with E-state index in [1.807, 2.05) is 6.07 Å². The van der Waals surface area contributed by atoms with Gasteiger partial charge < -0.3 is 10.1 Å². The average Bonchev–Trinajstić information content (AvgIpc) is 2.24. The van der Waals surface area contributed by atoms with Gasteiger partial charge in [-0.25, -0.2) is 0 Å². The zero-order chi connectivity index (χ0) is 12.1. The van der Waals surface area contributed by atoms with E-state index in [-0.39, 0.29) is 5.91 Å². The third kappa shape index (κ3) is 3.09. The molecule has 0 radical (unpaired) electrons. The van der Waals surface area contributed by atoms with Crippen molar-refractivity contribution in [1.82, 2.24) is 5.32 Å². The molecule has 16 heavy (non-hydrogen) atoms. The number of nitrogens with one attached hydrogen (secondary N) is 1. The fourth-order valence-corrected chi connectivity index (χ4v) is 2.58. The lowest BCUT2D eigenvalue weighted by atomic mass is 10.2. The second kappa shape index (κ2) is 6.06. The second-order valence-corrected chi connectivity index (χ2v) is 4.74. The minimum Gasteiger partial charge on any atom is -0.495 e. The van der Waals surface area contributed by atoms with Crippen LogP contribution in [0.5, 0.6) is 5.75 Å². The van der Waals surface area contributed by atoms with Crippen molar-refractivity contribution in [1.29, 1.82) is 0 Å². The Morgan fingerprint density at radius 1 is 1.56 bits per heavy atom. The van der Waals surface area contributed by atoms with Gasteiger partial charge in [-0.15, -0.1) is 6.58 Å². The molecule has 0 heterocycles. The zero-order valence-electron chi connectivity index (χ0n) is 8.72. The number of hydrogen-bond donors (Lipinski definition) is 1. The summed E-state index contributed by atoms with van der Waals surface area (Å²) in [6.07, 6.45) is 1.62. The Morgan fingerprint density at radius 2 is 2.25 bits per heavy atom. The van der Waals surface area contributed by atoms with Crippen molar-refractivity contribution in [3.05, 3.63) is 39.3 Å². The minimum atomic E-state index is -0.196. The van der Waals surface area contributed by atoms with Gasteiger partial charge in [0.1, 0.15) is 5.75 Å². The predicted molar refractivity (Wildman–Crippen MR) is 70.9 cm³/mol. The van der Waals surface area contributed by atoms with Crippen LogP contribution >= 0.6 is 31.9 Å². The van der Waals surface area contributed by atoms with E-state index < -0.39 is 0 Å². The maximum Gasteiger partial charge on any atom is 0.255 e. The van der Waals surface area contributed by atoms with Crippen LogP contribution in [0.15, 0.2) is 33.7 Å². The number of methoxy groups -OCH3 is 1. The summed E-state index contributed by atoms with van der Waals surface area (Å²) in [4.78, 5) is 11.8. The Kier molecular flexibility index (Phi) is 5.02. The fourth-order valence-electron chi connectivity index (χ4n) is 1.20. The monoisotopic (exact) mass is 347 g/mol. The number of carbonyl (C=O) groups excluding carboxylic acids is 1. The molecule has 0 spiro atoms. The molecule has 0 fully saturated rings. The smallest absolute Gasteiger partial charge is 0.255 e. The first-order valence-corrected chi connectivity index (χ1v) is 6.11. The van der Waals surface area contributed by atoms with Crippen molar-refractivity contribution in [2.75, 3.05) is 13.7 Å². The molecule has 1 aromatic rings. The molecule has 0 unspecified atom stereocenters. The summed E-state index contributed by atoms with van der Waals surface area (Å²) in [6.45, 7) is 3.96. The van der Waals surface area contributed by atoms with E-state index in [1.54, 1.807) is 12.1 Å². The Labute approximate surface area is 111 Å². The molecule has 0 aliphatic rings. The van der Waals surface area contributed by atoms with Crippen LogP contribution in [0, 0.1) is 0 Å². The molecule has 0 bridgehead atoms. The summed E-state index contributed by atoms with van der Waals surface area (Å²) in [7, 11) is 1.53. The Balaban J connectivity index is 3.10. The van der Waals surface area contributed by atoms with Gasteiger partial charge in [0.2, 0.25) is 0 Å². The summed E-state index contributed by atoms with van der Waals surface area (Å²) in [5.74, 6) is 0.323. The summed E-state index contributed by atoms with van der Waals surface area (Å²) in [6, 6.07) is 3.53. The molecule has 1 rings (SSSR count). The normalized spacial score (nSPS) is 9.69. The largest absolute Gasteiger partial charge is 0.495 e. The van der Waals surface area contributed by atoms with E-state index in [9.17, 15) is 4.79 Å². The van der Waals surface area contributed by atoms with E-state index in [4.69, 9.17) is 4.74 Å². The highest BCUT2D eigenvalue weighted by Crippen LogP contribution is 2.32. The molecular formula is C11H11Br2NO2. The lowest BCUT2D eigenvalue weighted by Crippen LogP contribution is -2.23. The lowest BCUT2D eigenvalue weighted by Gasteiger charge is -2.10. The Morgan fingerprint density at radius 3 is 2.81 bits per heavy atom. The van der Waals surface area contributed by atoms with Crippen molar-refractivity contribution in [3.8, 4) is 5.75 Å². The van der Waals surface area contributed by atoms with Crippen molar-refractivity contribution < 1.29 is 9.53 Å². The van der Waals surface area contributed by atoms with Gasteiger partial charge >= 0.3 is 0 Å². The van der Waals surface area contributed by atoms with Gasteiger partial charge in [-0.2, -0.15) is 0 Å². The van der Waals surface area contributed by atoms with Crippen molar-refractivity contribution in [3.63, 3.8) is 0 Å². The van der Waals surface area contributed by atoms with Crippen molar-refractivity contribution in [2.45, 2.75) is 0 Å². The highest BCUT2D eigenvalue weighted by molar-refractivity contribution is 9.11. The molecule has 1 N–H and O–H groups in total. The molecule has 0 saturated heterocycles. The molecule has 3 nitrogen and oxygen atoms in total. The van der Waals surface area contributed by atoms with Crippen molar-refractivity contribution in [2.24, 2.45) is 0 Å². The molecule has 0 aliphatic carbocycles. The first kappa shape index (κ1) is 13.3. The minimum absolute atomic E-state index is 0.196. The molecule has 86 valence electrons. The molecule has 0 saturated carbocycles. The summed E-state index contributed by atoms with van der Waals surface area (Å²) in [5, 5.41) is 2.70. The maximum atomic E-state index is 11.8. The maximum absolute atomic E-state index is 11.8. The van der Waals surface area contributed by atoms with Gasteiger partial charge in [-0.05, 0) is 28.1 Å². The second-order valence-electron chi connectivity index (χ2n) is 2.97. The van der Waals surface area contributed by atoms with Gasteiger partial charge in [0.25, 0.3) is 5.91 Å². The molecule has 0 aromatic heterocycles. The number of ether oxygens (including phenoxy) is 1. The van der Waals surface area contributed by atoms with Gasteiger partial charge in [-0.3, -0.25) is 4.79 Å². The van der Waals surface area contributed by atoms with Crippen LogP contribution in [0.2, 0.25) is 0 Å². The Hall–Kier alpha value is -0.810. The first-order valence-electron chi connectivity index (χ1n) is 4.52. The Bertz CT molecular complexity index is 419. The van der Waals surface area contributed by atoms with Gasteiger partial charge in [-0.1, -0.05) is 22.0 Å². The van der Waals surface area contributed by atoms with Crippen LogP contribution in [-0.4, -0.2) is 19.6 Å². The molecule has 0 aliphatic heterocycles. The molecular weight excluding hydrogens is 338 g/mol. The third-order valence-electron chi connectivity index (χ3n) is 1.86. The number of rotatable bonds is 4. The summed E-state index contributed by atoms with van der Waals surface area (Å²) < 4.78 is 6.72. The van der Waals surface area contributed by atoms with E-state index in [1.165, 1.54) is 7.11 Å². The van der Waals surface area contributed by atoms with Crippen LogP contribution in [0.4, 0.5) is 0 Å². The third-order valence-corrected chi connectivity index (χ3v) is 2.91. The van der Waals surface area contributed by atoms with Crippen LogP contribution in [0.25, 0.3) is 0 Å². The number of carbonyl (C=O) groups is 1. The van der Waals surface area contributed by atoms with Gasteiger partial charge in [0.05, 0.1) is 17.1 Å². The van der Waals surface area contributed by atoms with Gasteiger partial charge in [0, 0.05) is 11.0 Å². The number of benzene rings is 1. The first-order chi connectivity index (χ1) is 7.60. The standard InChI is InChI=1S/C11H11Br2NO2/c1-3-4-14-11(15)8-5-7(12)6-9(13)10(8)16-2/h3,5-6H,1,4H2,2H3,(H,14,15). The molecule has 1 amide bonds.